The first-order chi connectivity index (χ1) is 21.2. The van der Waals surface area contributed by atoms with Crippen LogP contribution < -0.4 is 9.47 Å². The van der Waals surface area contributed by atoms with Crippen LogP contribution >= 0.6 is 0 Å². The molecule has 1 N–H and O–H groups in total. The molecule has 0 bridgehead atoms. The van der Waals surface area contributed by atoms with Crippen LogP contribution in [0.5, 0.6) is 11.6 Å². The number of aromatic carboxylic acids is 1. The van der Waals surface area contributed by atoms with E-state index in [9.17, 15) is 23.1 Å². The minimum Gasteiger partial charge on any atom is -0.478 e. The zero-order chi connectivity index (χ0) is 31.2. The van der Waals surface area contributed by atoms with Crippen LogP contribution in [0.2, 0.25) is 0 Å². The molecule has 0 unspecified atom stereocenters. The summed E-state index contributed by atoms with van der Waals surface area (Å²) >= 11 is 0. The van der Waals surface area contributed by atoms with E-state index < -0.39 is 18.4 Å². The van der Waals surface area contributed by atoms with Crippen LogP contribution in [-0.4, -0.2) is 45.9 Å². The number of ether oxygens (including phenoxy) is 3. The van der Waals surface area contributed by atoms with Gasteiger partial charge in [-0.25, -0.2) is 19.2 Å². The average Bonchev–Trinajstić information content (AvgIpc) is 3.35. The van der Waals surface area contributed by atoms with Crippen molar-refractivity contribution in [3.05, 3.63) is 107 Å². The number of imidazole rings is 1. The maximum absolute atomic E-state index is 14.3. The molecule has 2 heterocycles. The van der Waals surface area contributed by atoms with Crippen LogP contribution in [-0.2, 0) is 24.3 Å². The zero-order valence-electron chi connectivity index (χ0n) is 23.3. The minimum absolute atomic E-state index is 0.0816. The highest BCUT2D eigenvalue weighted by atomic mass is 19.3. The van der Waals surface area contributed by atoms with Crippen LogP contribution in [0.1, 0.15) is 32.9 Å². The van der Waals surface area contributed by atoms with Crippen molar-refractivity contribution < 1.29 is 37.3 Å². The van der Waals surface area contributed by atoms with Gasteiger partial charge in [-0.05, 0) is 42.5 Å². The first kappa shape index (κ1) is 30.1. The Kier molecular flexibility index (Phi) is 9.06. The number of carboxylic acid groups (broad SMARTS) is 1. The molecule has 0 aliphatic heterocycles. The van der Waals surface area contributed by atoms with Crippen LogP contribution in [0.15, 0.2) is 72.8 Å². The lowest BCUT2D eigenvalue weighted by atomic mass is 10.0. The molecule has 0 fully saturated rings. The van der Waals surface area contributed by atoms with Gasteiger partial charge in [0.15, 0.2) is 0 Å². The van der Waals surface area contributed by atoms with Crippen LogP contribution in [0.4, 0.5) is 13.2 Å². The van der Waals surface area contributed by atoms with Crippen molar-refractivity contribution in [2.75, 3.05) is 13.7 Å². The maximum Gasteiger partial charge on any atom is 0.387 e. The predicted octanol–water partition coefficient (Wildman–Crippen LogP) is 6.22. The quantitative estimate of drug-likeness (QED) is 0.179. The van der Waals surface area contributed by atoms with Gasteiger partial charge in [-0.3, -0.25) is 0 Å². The lowest BCUT2D eigenvalue weighted by molar-refractivity contribution is -0.0503. The fraction of sp³-hybridized carbons (Fsp3) is 0.188. The molecule has 44 heavy (non-hydrogen) atoms. The zero-order valence-corrected chi connectivity index (χ0v) is 23.3. The highest BCUT2D eigenvalue weighted by Crippen LogP contribution is 2.31. The van der Waals surface area contributed by atoms with E-state index >= 15 is 0 Å². The number of hydrogen-bond acceptors (Lipinski definition) is 7. The Morgan fingerprint density at radius 3 is 2.59 bits per heavy atom. The molecule has 5 aromatic rings. The summed E-state index contributed by atoms with van der Waals surface area (Å²) in [6, 6.07) is 20.2. The number of halogens is 3. The summed E-state index contributed by atoms with van der Waals surface area (Å²) in [6.45, 7) is -2.56. The molecule has 0 amide bonds. The van der Waals surface area contributed by atoms with Gasteiger partial charge in [0.1, 0.15) is 24.0 Å². The van der Waals surface area contributed by atoms with Gasteiger partial charge in [0.25, 0.3) is 0 Å². The number of fused-ring (bicyclic) bond motifs is 1. The number of carboxylic acids is 1. The molecule has 9 nitrogen and oxygen atoms in total. The smallest absolute Gasteiger partial charge is 0.387 e. The van der Waals surface area contributed by atoms with Gasteiger partial charge in [-0.1, -0.05) is 24.3 Å². The summed E-state index contributed by atoms with van der Waals surface area (Å²) in [5.41, 5.74) is 2.95. The molecule has 12 heteroatoms. The van der Waals surface area contributed by atoms with E-state index in [0.717, 1.165) is 6.07 Å². The van der Waals surface area contributed by atoms with Crippen molar-refractivity contribution in [3.8, 4) is 29.0 Å². The third-order valence-corrected chi connectivity index (χ3v) is 6.80. The summed E-state index contributed by atoms with van der Waals surface area (Å²) in [7, 11) is 1.54. The number of methoxy groups -OCH3 is 1. The molecule has 5 rings (SSSR count). The summed E-state index contributed by atoms with van der Waals surface area (Å²) < 4.78 is 58.9. The molecule has 0 spiro atoms. The van der Waals surface area contributed by atoms with Crippen molar-refractivity contribution in [3.63, 3.8) is 0 Å². The lowest BCUT2D eigenvalue weighted by Crippen LogP contribution is -2.11. The number of nitrogens with zero attached hydrogens (tertiary/aromatic N) is 4. The summed E-state index contributed by atoms with van der Waals surface area (Å²) in [5.74, 6) is -1.06. The van der Waals surface area contributed by atoms with E-state index in [1.807, 2.05) is 6.07 Å². The second kappa shape index (κ2) is 13.3. The Balaban J connectivity index is 1.43. The lowest BCUT2D eigenvalue weighted by Gasteiger charge is -2.14. The number of carbonyl (C=O) groups is 1. The highest BCUT2D eigenvalue weighted by molar-refractivity contribution is 5.92. The molecule has 0 aliphatic rings. The van der Waals surface area contributed by atoms with E-state index in [-0.39, 0.29) is 41.3 Å². The van der Waals surface area contributed by atoms with Gasteiger partial charge in [0, 0.05) is 42.8 Å². The highest BCUT2D eigenvalue weighted by Gasteiger charge is 2.18. The fourth-order valence-corrected chi connectivity index (χ4v) is 4.65. The van der Waals surface area contributed by atoms with Crippen molar-refractivity contribution in [2.24, 2.45) is 0 Å². The van der Waals surface area contributed by atoms with Crippen LogP contribution in [0.3, 0.4) is 0 Å². The van der Waals surface area contributed by atoms with E-state index in [2.05, 4.69) is 9.97 Å². The van der Waals surface area contributed by atoms with Crippen LogP contribution in [0.25, 0.3) is 22.3 Å². The molecule has 0 atom stereocenters. The molecular weight excluding hydrogens is 577 g/mol. The van der Waals surface area contributed by atoms with E-state index in [1.54, 1.807) is 41.0 Å². The molecule has 0 saturated heterocycles. The Bertz CT molecular complexity index is 1870. The number of pyridine rings is 1. The van der Waals surface area contributed by atoms with E-state index in [1.165, 1.54) is 37.4 Å². The number of rotatable bonds is 12. The van der Waals surface area contributed by atoms with Gasteiger partial charge >= 0.3 is 12.6 Å². The van der Waals surface area contributed by atoms with E-state index in [4.69, 9.17) is 19.5 Å². The van der Waals surface area contributed by atoms with Gasteiger partial charge in [-0.2, -0.15) is 14.0 Å². The van der Waals surface area contributed by atoms with Crippen LogP contribution in [0, 0.1) is 17.1 Å². The number of nitriles is 1. The van der Waals surface area contributed by atoms with Crippen molar-refractivity contribution in [2.45, 2.75) is 26.2 Å². The summed E-state index contributed by atoms with van der Waals surface area (Å²) in [6.07, 6.45) is 0.107. The first-order valence-corrected chi connectivity index (χ1v) is 13.3. The topological polar surface area (TPSA) is 119 Å². The number of alkyl halides is 2. The van der Waals surface area contributed by atoms with E-state index in [0.29, 0.717) is 46.8 Å². The third kappa shape index (κ3) is 6.79. The van der Waals surface area contributed by atoms with Crippen molar-refractivity contribution in [1.29, 1.82) is 5.26 Å². The van der Waals surface area contributed by atoms with Gasteiger partial charge < -0.3 is 23.9 Å². The molecule has 0 radical (unpaired) electrons. The molecule has 224 valence electrons. The molecule has 3 aromatic carbocycles. The van der Waals surface area contributed by atoms with Gasteiger partial charge in [0.05, 0.1) is 40.5 Å². The number of benzene rings is 3. The normalized spacial score (nSPS) is 11.1. The predicted molar refractivity (Wildman–Crippen MR) is 153 cm³/mol. The SMILES string of the molecule is COCCn1c(Cc2ccc(-c3cccc(OCc4ccc(C#N)cc4F)n3)cc2OC(F)F)nc2ccc(C(=O)O)cc21. The fourth-order valence-electron chi connectivity index (χ4n) is 4.65. The monoisotopic (exact) mass is 602 g/mol. The Morgan fingerprint density at radius 1 is 1.05 bits per heavy atom. The Hall–Kier alpha value is -5.41. The summed E-state index contributed by atoms with van der Waals surface area (Å²) in [4.78, 5) is 20.6. The Morgan fingerprint density at radius 2 is 1.86 bits per heavy atom. The van der Waals surface area contributed by atoms with Gasteiger partial charge in [0.2, 0.25) is 5.88 Å². The second-order valence-corrected chi connectivity index (χ2v) is 9.63. The molecular formula is C32H25F3N4O5. The largest absolute Gasteiger partial charge is 0.478 e. The maximum atomic E-state index is 14.3. The first-order valence-electron chi connectivity index (χ1n) is 13.3. The van der Waals surface area contributed by atoms with Crippen molar-refractivity contribution >= 4 is 17.0 Å². The Labute approximate surface area is 249 Å². The average molecular weight is 603 g/mol. The minimum atomic E-state index is -3.10. The van der Waals surface area contributed by atoms with Gasteiger partial charge in [-0.15, -0.1) is 0 Å². The second-order valence-electron chi connectivity index (χ2n) is 9.63. The standard InChI is InChI=1S/C32H25F3N4O5/c1-42-12-11-39-27-14-22(31(40)41)9-10-26(27)37-29(39)16-21-8-7-20(15-28(21)44-32(34)35)25-3-2-4-30(38-25)43-18-23-6-5-19(17-36)13-24(23)33/h2-10,13-15,32H,11-12,16,18H2,1H3,(H,40,41). The molecule has 2 aromatic heterocycles. The summed E-state index contributed by atoms with van der Waals surface area (Å²) in [5, 5.41) is 18.4. The molecule has 0 aliphatic carbocycles. The molecule has 0 saturated carbocycles. The third-order valence-electron chi connectivity index (χ3n) is 6.80. The number of hydrogen-bond donors (Lipinski definition) is 1. The number of aromatic nitrogens is 3. The van der Waals surface area contributed by atoms with Crippen molar-refractivity contribution in [1.82, 2.24) is 14.5 Å².